The van der Waals surface area contributed by atoms with E-state index in [4.69, 9.17) is 9.15 Å². The van der Waals surface area contributed by atoms with Crippen LogP contribution in [0.15, 0.2) is 74.3 Å². The Morgan fingerprint density at radius 3 is 2.52 bits per heavy atom. The van der Waals surface area contributed by atoms with E-state index in [2.05, 4.69) is 15.9 Å². The Balaban J connectivity index is 1.39. The Hall–Kier alpha value is -3.32. The number of rotatable bonds is 5. The first kappa shape index (κ1) is 19.6. The van der Waals surface area contributed by atoms with Crippen LogP contribution < -0.4 is 10.5 Å². The molecule has 4 aromatic rings. The summed E-state index contributed by atoms with van der Waals surface area (Å²) >= 11 is 3.46. The van der Waals surface area contributed by atoms with Crippen LogP contribution in [0.1, 0.15) is 27.0 Å². The van der Waals surface area contributed by atoms with Gasteiger partial charge in [0.1, 0.15) is 5.75 Å². The van der Waals surface area contributed by atoms with Crippen molar-refractivity contribution < 1.29 is 13.9 Å². The van der Waals surface area contributed by atoms with Crippen LogP contribution in [-0.2, 0) is 19.6 Å². The summed E-state index contributed by atoms with van der Waals surface area (Å²) in [6.07, 6.45) is 0. The molecule has 0 N–H and O–H groups in total. The minimum atomic E-state index is -0.405. The summed E-state index contributed by atoms with van der Waals surface area (Å²) in [5, 5.41) is 0. The molecule has 0 bridgehead atoms. The number of oxazole rings is 1. The monoisotopic (exact) mass is 478 g/mol. The second-order valence-corrected chi connectivity index (χ2v) is 8.48. The molecule has 31 heavy (non-hydrogen) atoms. The predicted octanol–water partition coefficient (Wildman–Crippen LogP) is 4.57. The van der Waals surface area contributed by atoms with Gasteiger partial charge < -0.3 is 14.1 Å². The zero-order valence-electron chi connectivity index (χ0n) is 16.8. The molecule has 3 aromatic carbocycles. The van der Waals surface area contributed by atoms with Crippen LogP contribution in [0.2, 0.25) is 0 Å². The fourth-order valence-corrected chi connectivity index (χ4v) is 4.38. The molecule has 156 valence electrons. The number of aromatic nitrogens is 1. The zero-order valence-corrected chi connectivity index (χ0v) is 18.4. The van der Waals surface area contributed by atoms with E-state index < -0.39 is 5.76 Å². The lowest BCUT2D eigenvalue weighted by Crippen LogP contribution is -2.23. The molecular weight excluding hydrogens is 460 g/mol. The Labute approximate surface area is 186 Å². The number of benzene rings is 3. The predicted molar refractivity (Wildman–Crippen MR) is 120 cm³/mol. The Morgan fingerprint density at radius 1 is 0.968 bits per heavy atom. The van der Waals surface area contributed by atoms with Crippen LogP contribution in [0.5, 0.6) is 5.75 Å². The summed E-state index contributed by atoms with van der Waals surface area (Å²) < 4.78 is 13.2. The van der Waals surface area contributed by atoms with Gasteiger partial charge in [0, 0.05) is 23.1 Å². The number of fused-ring (bicyclic) bond motifs is 2. The van der Waals surface area contributed by atoms with Crippen LogP contribution >= 0.6 is 15.9 Å². The third kappa shape index (κ3) is 3.65. The minimum absolute atomic E-state index is 0.0149. The molecule has 1 aliphatic heterocycles. The van der Waals surface area contributed by atoms with Gasteiger partial charge >= 0.3 is 5.76 Å². The molecule has 0 unspecified atom stereocenters. The molecule has 5 rings (SSSR count). The Kier molecular flexibility index (Phi) is 4.90. The van der Waals surface area contributed by atoms with E-state index in [0.717, 1.165) is 38.0 Å². The highest BCUT2D eigenvalue weighted by Crippen LogP contribution is 2.28. The van der Waals surface area contributed by atoms with Gasteiger partial charge in [-0.15, -0.1) is 0 Å². The van der Waals surface area contributed by atoms with Crippen LogP contribution in [0.25, 0.3) is 11.1 Å². The lowest BCUT2D eigenvalue weighted by Gasteiger charge is -2.15. The van der Waals surface area contributed by atoms with Crippen molar-refractivity contribution >= 4 is 32.9 Å². The van der Waals surface area contributed by atoms with E-state index in [-0.39, 0.29) is 5.91 Å². The molecule has 2 heterocycles. The molecular formula is C24H19BrN2O4. The van der Waals surface area contributed by atoms with E-state index in [1.807, 2.05) is 60.7 Å². The maximum atomic E-state index is 12.7. The number of hydrogen-bond acceptors (Lipinski definition) is 4. The maximum Gasteiger partial charge on any atom is 0.420 e. The first-order valence-electron chi connectivity index (χ1n) is 9.85. The van der Waals surface area contributed by atoms with Gasteiger partial charge in [-0.3, -0.25) is 9.36 Å². The number of halogens is 1. The number of carbonyl (C=O) groups excluding carboxylic acids is 1. The number of methoxy groups -OCH3 is 1. The van der Waals surface area contributed by atoms with Gasteiger partial charge in [-0.2, -0.15) is 0 Å². The fourth-order valence-electron chi connectivity index (χ4n) is 3.97. The molecule has 1 amide bonds. The molecule has 1 aromatic heterocycles. The van der Waals surface area contributed by atoms with Crippen molar-refractivity contribution in [3.8, 4) is 5.75 Å². The minimum Gasteiger partial charge on any atom is -0.497 e. The van der Waals surface area contributed by atoms with E-state index in [1.54, 1.807) is 16.6 Å². The van der Waals surface area contributed by atoms with Gasteiger partial charge in [0.15, 0.2) is 5.58 Å². The average molecular weight is 479 g/mol. The van der Waals surface area contributed by atoms with Gasteiger partial charge in [0.05, 0.1) is 19.2 Å². The van der Waals surface area contributed by atoms with Crippen LogP contribution in [0.3, 0.4) is 0 Å². The van der Waals surface area contributed by atoms with Gasteiger partial charge in [0.25, 0.3) is 5.91 Å². The van der Waals surface area contributed by atoms with Crippen molar-refractivity contribution in [2.24, 2.45) is 0 Å². The van der Waals surface area contributed by atoms with Crippen LogP contribution in [0.4, 0.5) is 0 Å². The van der Waals surface area contributed by atoms with Crippen LogP contribution in [-0.4, -0.2) is 22.5 Å². The first-order valence-corrected chi connectivity index (χ1v) is 10.6. The van der Waals surface area contributed by atoms with Crippen molar-refractivity contribution in [3.63, 3.8) is 0 Å². The normalized spacial score (nSPS) is 13.1. The van der Waals surface area contributed by atoms with Gasteiger partial charge in [-0.1, -0.05) is 34.1 Å². The quantitative estimate of drug-likeness (QED) is 0.421. The van der Waals surface area contributed by atoms with Crippen LogP contribution in [0, 0.1) is 0 Å². The molecule has 0 saturated heterocycles. The van der Waals surface area contributed by atoms with Gasteiger partial charge in [0.2, 0.25) is 0 Å². The van der Waals surface area contributed by atoms with E-state index in [9.17, 15) is 9.59 Å². The summed E-state index contributed by atoms with van der Waals surface area (Å²) in [4.78, 5) is 27.0. The first-order chi connectivity index (χ1) is 15.0. The number of nitrogens with zero attached hydrogens (tertiary/aromatic N) is 2. The molecule has 0 fully saturated rings. The lowest BCUT2D eigenvalue weighted by molar-refractivity contribution is 0.0766. The lowest BCUT2D eigenvalue weighted by atomic mass is 10.1. The smallest absolute Gasteiger partial charge is 0.420 e. The van der Waals surface area contributed by atoms with Crippen molar-refractivity contribution in [1.29, 1.82) is 0 Å². The van der Waals surface area contributed by atoms with Crippen molar-refractivity contribution in [1.82, 2.24) is 9.47 Å². The molecule has 7 heteroatoms. The average Bonchev–Trinajstić information content (AvgIpc) is 3.24. The number of carbonyl (C=O) groups is 1. The number of ether oxygens (including phenoxy) is 1. The molecule has 0 saturated carbocycles. The Morgan fingerprint density at radius 2 is 1.74 bits per heavy atom. The topological polar surface area (TPSA) is 64.7 Å². The fraction of sp³-hybridized carbons (Fsp3) is 0.167. The largest absolute Gasteiger partial charge is 0.497 e. The molecule has 0 radical (unpaired) electrons. The van der Waals surface area contributed by atoms with E-state index >= 15 is 0 Å². The molecule has 0 atom stereocenters. The Bertz CT molecular complexity index is 1350. The third-order valence-corrected chi connectivity index (χ3v) is 6.05. The highest BCUT2D eigenvalue weighted by Gasteiger charge is 2.27. The zero-order chi connectivity index (χ0) is 21.5. The maximum absolute atomic E-state index is 12.7. The number of amides is 1. The van der Waals surface area contributed by atoms with Gasteiger partial charge in [-0.05, 0) is 59.2 Å². The summed E-state index contributed by atoms with van der Waals surface area (Å²) in [6.45, 7) is 1.42. The standard InChI is InChI=1S/C24H19BrN2O4/c1-30-19-6-2-15(3-7-19)13-27-21-9-4-16(10-22(21)31-24(27)29)12-26-14-17-11-18(25)5-8-20(17)23(26)28/h2-11H,12-14H2,1H3. The van der Waals surface area contributed by atoms with E-state index in [0.29, 0.717) is 25.2 Å². The summed E-state index contributed by atoms with van der Waals surface area (Å²) in [6, 6.07) is 18.9. The molecule has 1 aliphatic rings. The SMILES string of the molecule is COc1ccc(Cn2c(=O)oc3cc(CN4Cc5cc(Br)ccc5C4=O)ccc32)cc1. The second-order valence-electron chi connectivity index (χ2n) is 7.57. The summed E-state index contributed by atoms with van der Waals surface area (Å²) in [5.41, 5.74) is 4.88. The van der Waals surface area contributed by atoms with Crippen molar-refractivity contribution in [2.75, 3.05) is 7.11 Å². The van der Waals surface area contributed by atoms with Gasteiger partial charge in [-0.25, -0.2) is 4.79 Å². The molecule has 0 spiro atoms. The highest BCUT2D eigenvalue weighted by molar-refractivity contribution is 9.10. The number of hydrogen-bond donors (Lipinski definition) is 0. The molecule has 0 aliphatic carbocycles. The van der Waals surface area contributed by atoms with Crippen molar-refractivity contribution in [3.05, 3.63) is 97.9 Å². The molecule has 6 nitrogen and oxygen atoms in total. The van der Waals surface area contributed by atoms with E-state index in [1.165, 1.54) is 0 Å². The van der Waals surface area contributed by atoms with Crippen molar-refractivity contribution in [2.45, 2.75) is 19.6 Å². The second kappa shape index (κ2) is 7.74. The third-order valence-electron chi connectivity index (χ3n) is 5.55. The highest BCUT2D eigenvalue weighted by atomic mass is 79.9. The summed E-state index contributed by atoms with van der Waals surface area (Å²) in [7, 11) is 1.62. The summed E-state index contributed by atoms with van der Waals surface area (Å²) in [5.74, 6) is 0.377.